The van der Waals surface area contributed by atoms with E-state index < -0.39 is 0 Å². The van der Waals surface area contributed by atoms with Gasteiger partial charge >= 0.3 is 0 Å². The molecule has 1 aromatic rings. The Balaban J connectivity index is 2.10. The lowest BCUT2D eigenvalue weighted by molar-refractivity contribution is 0.0696. The van der Waals surface area contributed by atoms with Crippen molar-refractivity contribution in [1.29, 1.82) is 0 Å². The fourth-order valence-electron chi connectivity index (χ4n) is 3.01. The zero-order chi connectivity index (χ0) is 16.8. The van der Waals surface area contributed by atoms with E-state index in [1.165, 1.54) is 19.3 Å². The molecule has 0 radical (unpaired) electrons. The predicted molar refractivity (Wildman–Crippen MR) is 92.3 cm³/mol. The molecule has 4 nitrogen and oxygen atoms in total. The highest BCUT2D eigenvalue weighted by Crippen LogP contribution is 2.30. The number of nitrogens with zero attached hydrogens (tertiary/aromatic N) is 1. The van der Waals surface area contributed by atoms with Crippen molar-refractivity contribution in [2.24, 2.45) is 5.92 Å². The van der Waals surface area contributed by atoms with Crippen molar-refractivity contribution in [3.8, 4) is 11.5 Å². The van der Waals surface area contributed by atoms with Crippen molar-refractivity contribution < 1.29 is 14.3 Å². The number of rotatable bonds is 6. The van der Waals surface area contributed by atoms with Crippen LogP contribution in [0.5, 0.6) is 11.5 Å². The second-order valence-electron chi connectivity index (χ2n) is 6.78. The standard InChI is InChI=1S/C19H29NO3/c1-14(2)13-23-17-11-10-15(12-18(17)22-4)19(21)20(3)16-8-6-5-7-9-16/h10-12,14,16H,5-9,13H2,1-4H3. The van der Waals surface area contributed by atoms with Crippen molar-refractivity contribution in [3.63, 3.8) is 0 Å². The van der Waals surface area contributed by atoms with Crippen LogP contribution in [0.3, 0.4) is 0 Å². The molecule has 128 valence electrons. The third kappa shape index (κ3) is 4.63. The molecule has 0 unspecified atom stereocenters. The number of methoxy groups -OCH3 is 1. The van der Waals surface area contributed by atoms with Crippen LogP contribution in [-0.4, -0.2) is 37.6 Å². The summed E-state index contributed by atoms with van der Waals surface area (Å²) < 4.78 is 11.1. The predicted octanol–water partition coefficient (Wildman–Crippen LogP) is 4.13. The van der Waals surface area contributed by atoms with E-state index >= 15 is 0 Å². The Labute approximate surface area is 139 Å². The van der Waals surface area contributed by atoms with E-state index in [0.717, 1.165) is 12.8 Å². The molecule has 1 aliphatic carbocycles. The number of hydrogen-bond acceptors (Lipinski definition) is 3. The van der Waals surface area contributed by atoms with E-state index in [4.69, 9.17) is 9.47 Å². The van der Waals surface area contributed by atoms with Crippen molar-refractivity contribution in [3.05, 3.63) is 23.8 Å². The molecule has 0 aromatic heterocycles. The summed E-state index contributed by atoms with van der Waals surface area (Å²) in [6, 6.07) is 5.82. The van der Waals surface area contributed by atoms with Gasteiger partial charge in [0, 0.05) is 18.7 Å². The van der Waals surface area contributed by atoms with Gasteiger partial charge in [0.2, 0.25) is 0 Å². The Morgan fingerprint density at radius 2 is 1.91 bits per heavy atom. The quantitative estimate of drug-likeness (QED) is 0.791. The molecule has 0 spiro atoms. The van der Waals surface area contributed by atoms with Crippen LogP contribution in [0.2, 0.25) is 0 Å². The van der Waals surface area contributed by atoms with Crippen LogP contribution >= 0.6 is 0 Å². The summed E-state index contributed by atoms with van der Waals surface area (Å²) in [4.78, 5) is 14.6. The average Bonchev–Trinajstić information content (AvgIpc) is 2.59. The first-order valence-corrected chi connectivity index (χ1v) is 8.61. The number of amides is 1. The molecule has 1 aliphatic rings. The third-order valence-electron chi connectivity index (χ3n) is 4.43. The van der Waals surface area contributed by atoms with E-state index in [9.17, 15) is 4.79 Å². The minimum Gasteiger partial charge on any atom is -0.493 e. The molecule has 1 amide bonds. The topological polar surface area (TPSA) is 38.8 Å². The summed E-state index contributed by atoms with van der Waals surface area (Å²) in [6.07, 6.45) is 5.93. The summed E-state index contributed by atoms with van der Waals surface area (Å²) in [6.45, 7) is 4.83. The number of benzene rings is 1. The summed E-state index contributed by atoms with van der Waals surface area (Å²) in [7, 11) is 3.52. The van der Waals surface area contributed by atoms with Crippen LogP contribution in [0.25, 0.3) is 0 Å². The highest BCUT2D eigenvalue weighted by atomic mass is 16.5. The Kier molecular flexibility index (Phi) is 6.31. The van der Waals surface area contributed by atoms with Crippen LogP contribution in [0.15, 0.2) is 18.2 Å². The first-order chi connectivity index (χ1) is 11.0. The van der Waals surface area contributed by atoms with Gasteiger partial charge in [0.1, 0.15) is 0 Å². The van der Waals surface area contributed by atoms with Gasteiger partial charge in [-0.15, -0.1) is 0 Å². The van der Waals surface area contributed by atoms with E-state index in [1.54, 1.807) is 13.2 Å². The molecule has 0 aliphatic heterocycles. The lowest BCUT2D eigenvalue weighted by Crippen LogP contribution is -2.38. The molecule has 2 rings (SSSR count). The zero-order valence-electron chi connectivity index (χ0n) is 14.8. The molecule has 1 saturated carbocycles. The molecule has 4 heteroatoms. The van der Waals surface area contributed by atoms with E-state index in [-0.39, 0.29) is 5.91 Å². The maximum absolute atomic E-state index is 12.7. The highest BCUT2D eigenvalue weighted by molar-refractivity contribution is 5.95. The van der Waals surface area contributed by atoms with Crippen LogP contribution in [0.1, 0.15) is 56.3 Å². The molecule has 1 aromatic carbocycles. The van der Waals surface area contributed by atoms with Crippen molar-refractivity contribution in [2.75, 3.05) is 20.8 Å². The number of hydrogen-bond donors (Lipinski definition) is 0. The van der Waals surface area contributed by atoms with Crippen LogP contribution in [-0.2, 0) is 0 Å². The Bertz CT molecular complexity index is 521. The molecule has 0 N–H and O–H groups in total. The van der Waals surface area contributed by atoms with Gasteiger partial charge in [-0.1, -0.05) is 33.1 Å². The Morgan fingerprint density at radius 3 is 2.52 bits per heavy atom. The van der Waals surface area contributed by atoms with Gasteiger partial charge < -0.3 is 14.4 Å². The van der Waals surface area contributed by atoms with Gasteiger partial charge in [-0.2, -0.15) is 0 Å². The molecular formula is C19H29NO3. The maximum Gasteiger partial charge on any atom is 0.253 e. The Hall–Kier alpha value is -1.71. The minimum atomic E-state index is 0.0607. The Morgan fingerprint density at radius 1 is 1.22 bits per heavy atom. The molecule has 1 fully saturated rings. The summed E-state index contributed by atoms with van der Waals surface area (Å²) in [5.41, 5.74) is 0.659. The molecular weight excluding hydrogens is 290 g/mol. The van der Waals surface area contributed by atoms with Gasteiger partial charge in [-0.25, -0.2) is 0 Å². The second-order valence-corrected chi connectivity index (χ2v) is 6.78. The lowest BCUT2D eigenvalue weighted by atomic mass is 9.94. The molecule has 0 atom stereocenters. The SMILES string of the molecule is COc1cc(C(=O)N(C)C2CCCCC2)ccc1OCC(C)C. The van der Waals surface area contributed by atoms with Crippen LogP contribution in [0.4, 0.5) is 0 Å². The normalized spacial score (nSPS) is 15.5. The highest BCUT2D eigenvalue weighted by Gasteiger charge is 2.23. The first kappa shape index (κ1) is 17.6. The van der Waals surface area contributed by atoms with E-state index in [0.29, 0.717) is 35.6 Å². The van der Waals surface area contributed by atoms with Gasteiger partial charge in [-0.05, 0) is 37.0 Å². The van der Waals surface area contributed by atoms with Gasteiger partial charge in [0.15, 0.2) is 11.5 Å². The first-order valence-electron chi connectivity index (χ1n) is 8.61. The average molecular weight is 319 g/mol. The summed E-state index contributed by atoms with van der Waals surface area (Å²) in [5.74, 6) is 1.82. The minimum absolute atomic E-state index is 0.0607. The van der Waals surface area contributed by atoms with Crippen molar-refractivity contribution in [1.82, 2.24) is 4.90 Å². The number of ether oxygens (including phenoxy) is 2. The monoisotopic (exact) mass is 319 g/mol. The third-order valence-corrected chi connectivity index (χ3v) is 4.43. The molecule has 0 bridgehead atoms. The van der Waals surface area contributed by atoms with E-state index in [2.05, 4.69) is 13.8 Å². The zero-order valence-corrected chi connectivity index (χ0v) is 14.8. The smallest absolute Gasteiger partial charge is 0.253 e. The van der Waals surface area contributed by atoms with Crippen LogP contribution < -0.4 is 9.47 Å². The summed E-state index contributed by atoms with van der Waals surface area (Å²) in [5, 5.41) is 0. The fraction of sp³-hybridized carbons (Fsp3) is 0.632. The van der Waals surface area contributed by atoms with Gasteiger partial charge in [0.25, 0.3) is 5.91 Å². The summed E-state index contributed by atoms with van der Waals surface area (Å²) >= 11 is 0. The largest absolute Gasteiger partial charge is 0.493 e. The molecule has 0 heterocycles. The van der Waals surface area contributed by atoms with Crippen molar-refractivity contribution in [2.45, 2.75) is 52.0 Å². The van der Waals surface area contributed by atoms with Gasteiger partial charge in [0.05, 0.1) is 13.7 Å². The molecule has 0 saturated heterocycles. The maximum atomic E-state index is 12.7. The van der Waals surface area contributed by atoms with Crippen molar-refractivity contribution >= 4 is 5.91 Å². The fourth-order valence-corrected chi connectivity index (χ4v) is 3.01. The lowest BCUT2D eigenvalue weighted by Gasteiger charge is -2.31. The van der Waals surface area contributed by atoms with Gasteiger partial charge in [-0.3, -0.25) is 4.79 Å². The number of carbonyl (C=O) groups excluding carboxylic acids is 1. The van der Waals surface area contributed by atoms with Crippen LogP contribution in [0, 0.1) is 5.92 Å². The van der Waals surface area contributed by atoms with E-state index in [1.807, 2.05) is 24.1 Å². The number of carbonyl (C=O) groups is 1. The second kappa shape index (κ2) is 8.23. The molecule has 23 heavy (non-hydrogen) atoms.